The van der Waals surface area contributed by atoms with Gasteiger partial charge in [0.15, 0.2) is 5.96 Å². The van der Waals surface area contributed by atoms with Gasteiger partial charge in [-0.25, -0.2) is 0 Å². The molecule has 0 atom stereocenters. The Kier molecular flexibility index (Phi) is 10.6. The van der Waals surface area contributed by atoms with Crippen molar-refractivity contribution in [2.45, 2.75) is 58.5 Å². The highest BCUT2D eigenvalue weighted by molar-refractivity contribution is 14.0. The second kappa shape index (κ2) is 12.1. The molecule has 1 aliphatic rings. The molecule has 1 saturated carbocycles. The van der Waals surface area contributed by atoms with Crippen LogP contribution in [0, 0.1) is 6.92 Å². The van der Waals surface area contributed by atoms with E-state index in [2.05, 4.69) is 58.6 Å². The van der Waals surface area contributed by atoms with E-state index in [0.29, 0.717) is 19.0 Å². The molecule has 1 amide bonds. The van der Waals surface area contributed by atoms with Crippen molar-refractivity contribution in [3.63, 3.8) is 0 Å². The summed E-state index contributed by atoms with van der Waals surface area (Å²) >= 11 is 0. The van der Waals surface area contributed by atoms with Crippen LogP contribution in [0.15, 0.2) is 29.3 Å². The molecule has 1 aromatic carbocycles. The number of nitrogens with one attached hydrogen (secondary N) is 2. The monoisotopic (exact) mass is 472 g/mol. The number of carbonyl (C=O) groups is 1. The highest BCUT2D eigenvalue weighted by Gasteiger charge is 2.16. The number of amides is 1. The third-order valence-electron chi connectivity index (χ3n) is 4.69. The summed E-state index contributed by atoms with van der Waals surface area (Å²) in [6.45, 7) is 6.31. The summed E-state index contributed by atoms with van der Waals surface area (Å²) in [5, 5.41) is 6.43. The number of halogens is 1. The predicted molar refractivity (Wildman–Crippen MR) is 119 cm³/mol. The lowest BCUT2D eigenvalue weighted by Gasteiger charge is -2.23. The van der Waals surface area contributed by atoms with Crippen molar-refractivity contribution in [1.29, 1.82) is 0 Å². The van der Waals surface area contributed by atoms with Crippen LogP contribution in [-0.4, -0.2) is 42.9 Å². The highest BCUT2D eigenvalue weighted by atomic mass is 127. The normalized spacial score (nSPS) is 14.7. The van der Waals surface area contributed by atoms with Crippen LogP contribution in [0.5, 0.6) is 0 Å². The lowest BCUT2D eigenvalue weighted by atomic mass is 10.1. The molecule has 0 unspecified atom stereocenters. The van der Waals surface area contributed by atoms with Gasteiger partial charge in [0.25, 0.3) is 0 Å². The van der Waals surface area contributed by atoms with Crippen LogP contribution >= 0.6 is 24.0 Å². The lowest BCUT2D eigenvalue weighted by Crippen LogP contribution is -2.39. The number of rotatable bonds is 7. The zero-order valence-electron chi connectivity index (χ0n) is 16.3. The van der Waals surface area contributed by atoms with Crippen LogP contribution in [0.25, 0.3) is 0 Å². The van der Waals surface area contributed by atoms with Gasteiger partial charge in [0.1, 0.15) is 0 Å². The molecule has 0 saturated heterocycles. The average Bonchev–Trinajstić information content (AvgIpc) is 3.09. The molecular weight excluding hydrogens is 439 g/mol. The maximum Gasteiger partial charge on any atom is 0.222 e. The Morgan fingerprint density at radius 2 is 1.96 bits per heavy atom. The first kappa shape index (κ1) is 22.7. The van der Waals surface area contributed by atoms with E-state index in [0.717, 1.165) is 31.9 Å². The topological polar surface area (TPSA) is 56.7 Å². The van der Waals surface area contributed by atoms with Crippen LogP contribution in [0.1, 0.15) is 50.2 Å². The van der Waals surface area contributed by atoms with E-state index in [9.17, 15) is 4.79 Å². The zero-order chi connectivity index (χ0) is 18.1. The van der Waals surface area contributed by atoms with Crippen molar-refractivity contribution in [2.75, 3.05) is 20.1 Å². The van der Waals surface area contributed by atoms with Gasteiger partial charge in [-0.05, 0) is 37.8 Å². The fraction of sp³-hybridized carbons (Fsp3) is 0.600. The molecule has 0 radical (unpaired) electrons. The second-order valence-electron chi connectivity index (χ2n) is 6.82. The molecular formula is C20H33IN4O. The van der Waals surface area contributed by atoms with Crippen LogP contribution in [0.2, 0.25) is 0 Å². The minimum atomic E-state index is 0. The van der Waals surface area contributed by atoms with Crippen molar-refractivity contribution in [3.8, 4) is 0 Å². The van der Waals surface area contributed by atoms with Crippen molar-refractivity contribution in [3.05, 3.63) is 35.4 Å². The van der Waals surface area contributed by atoms with Gasteiger partial charge in [-0.3, -0.25) is 9.79 Å². The fourth-order valence-corrected chi connectivity index (χ4v) is 3.22. The third-order valence-corrected chi connectivity index (χ3v) is 4.69. The van der Waals surface area contributed by atoms with Crippen LogP contribution in [0.4, 0.5) is 0 Å². The second-order valence-corrected chi connectivity index (χ2v) is 6.82. The van der Waals surface area contributed by atoms with Crippen molar-refractivity contribution in [2.24, 2.45) is 4.99 Å². The first-order chi connectivity index (χ1) is 12.1. The van der Waals surface area contributed by atoms with Gasteiger partial charge in [-0.1, -0.05) is 37.1 Å². The number of benzene rings is 1. The standard InChI is InChI=1S/C20H32N4O.HI/c1-4-21-20(24(3)15-17-10-6-5-9-16(17)2)22-14-13-19(25)23-18-11-7-8-12-18;/h5-6,9-10,18H,4,7-8,11-15H2,1-3H3,(H,21,22)(H,23,25);1H. The molecule has 0 aromatic heterocycles. The third kappa shape index (κ3) is 7.51. The highest BCUT2D eigenvalue weighted by Crippen LogP contribution is 2.17. The Morgan fingerprint density at radius 3 is 2.62 bits per heavy atom. The Morgan fingerprint density at radius 1 is 1.27 bits per heavy atom. The maximum absolute atomic E-state index is 12.0. The van der Waals surface area contributed by atoms with E-state index in [1.54, 1.807) is 0 Å². The van der Waals surface area contributed by atoms with E-state index < -0.39 is 0 Å². The predicted octanol–water partition coefficient (Wildman–Crippen LogP) is 3.46. The number of hydrogen-bond acceptors (Lipinski definition) is 2. The summed E-state index contributed by atoms with van der Waals surface area (Å²) in [5.74, 6) is 0.965. The van der Waals surface area contributed by atoms with E-state index in [1.165, 1.54) is 24.0 Å². The van der Waals surface area contributed by atoms with Crippen molar-refractivity contribution in [1.82, 2.24) is 15.5 Å². The number of hydrogen-bond donors (Lipinski definition) is 2. The maximum atomic E-state index is 12.0. The molecule has 0 spiro atoms. The van der Waals surface area contributed by atoms with E-state index in [4.69, 9.17) is 0 Å². The van der Waals surface area contributed by atoms with Gasteiger partial charge in [-0.2, -0.15) is 0 Å². The quantitative estimate of drug-likeness (QED) is 0.363. The van der Waals surface area contributed by atoms with Gasteiger partial charge in [0.2, 0.25) is 5.91 Å². The molecule has 1 aliphatic carbocycles. The molecule has 1 aromatic rings. The number of aryl methyl sites for hydroxylation is 1. The van der Waals surface area contributed by atoms with Gasteiger partial charge in [0, 0.05) is 32.6 Å². The van der Waals surface area contributed by atoms with Gasteiger partial charge >= 0.3 is 0 Å². The summed E-state index contributed by atoms with van der Waals surface area (Å²) in [5.41, 5.74) is 2.57. The van der Waals surface area contributed by atoms with Gasteiger partial charge in [0.05, 0.1) is 6.54 Å². The molecule has 146 valence electrons. The molecule has 0 aliphatic heterocycles. The summed E-state index contributed by atoms with van der Waals surface area (Å²) < 4.78 is 0. The van der Waals surface area contributed by atoms with E-state index >= 15 is 0 Å². The van der Waals surface area contributed by atoms with E-state index in [1.807, 2.05) is 7.05 Å². The van der Waals surface area contributed by atoms with Gasteiger partial charge < -0.3 is 15.5 Å². The molecule has 2 N–H and O–H groups in total. The van der Waals surface area contributed by atoms with Crippen LogP contribution in [-0.2, 0) is 11.3 Å². The van der Waals surface area contributed by atoms with Gasteiger partial charge in [-0.15, -0.1) is 24.0 Å². The molecule has 5 nitrogen and oxygen atoms in total. The summed E-state index contributed by atoms with van der Waals surface area (Å²) in [7, 11) is 2.03. The molecule has 26 heavy (non-hydrogen) atoms. The minimum Gasteiger partial charge on any atom is -0.357 e. The average molecular weight is 472 g/mol. The largest absolute Gasteiger partial charge is 0.357 e. The fourth-order valence-electron chi connectivity index (χ4n) is 3.22. The molecule has 0 bridgehead atoms. The van der Waals surface area contributed by atoms with Crippen LogP contribution < -0.4 is 10.6 Å². The summed E-state index contributed by atoms with van der Waals surface area (Å²) in [4.78, 5) is 18.8. The van der Waals surface area contributed by atoms with Crippen LogP contribution in [0.3, 0.4) is 0 Å². The minimum absolute atomic E-state index is 0. The zero-order valence-corrected chi connectivity index (χ0v) is 18.6. The summed E-state index contributed by atoms with van der Waals surface area (Å²) in [6, 6.07) is 8.77. The van der Waals surface area contributed by atoms with Crippen molar-refractivity contribution < 1.29 is 4.79 Å². The number of aliphatic imine (C=N–C) groups is 1. The summed E-state index contributed by atoms with van der Waals surface area (Å²) in [6.07, 6.45) is 5.16. The number of carbonyl (C=O) groups excluding carboxylic acids is 1. The van der Waals surface area contributed by atoms with Crippen molar-refractivity contribution >= 4 is 35.8 Å². The Balaban J connectivity index is 0.00000338. The smallest absolute Gasteiger partial charge is 0.222 e. The Hall–Kier alpha value is -1.31. The number of guanidine groups is 1. The molecule has 1 fully saturated rings. The Bertz CT molecular complexity index is 585. The SMILES string of the molecule is CCNC(=NCCC(=O)NC1CCCC1)N(C)Cc1ccccc1C.I. The number of nitrogens with zero attached hydrogens (tertiary/aromatic N) is 2. The first-order valence-electron chi connectivity index (χ1n) is 9.43. The Labute approximate surface area is 175 Å². The lowest BCUT2D eigenvalue weighted by molar-refractivity contribution is -0.121. The van der Waals surface area contributed by atoms with E-state index in [-0.39, 0.29) is 29.9 Å². The first-order valence-corrected chi connectivity index (χ1v) is 9.43. The molecule has 6 heteroatoms. The molecule has 2 rings (SSSR count). The molecule has 0 heterocycles.